The zero-order chi connectivity index (χ0) is 15.9. The van der Waals surface area contributed by atoms with E-state index >= 15 is 0 Å². The first-order valence-corrected chi connectivity index (χ1v) is 7.73. The molecule has 6 heteroatoms. The van der Waals surface area contributed by atoms with Crippen LogP contribution in [0.25, 0.3) is 17.4 Å². The van der Waals surface area contributed by atoms with Crippen LogP contribution in [0.15, 0.2) is 39.7 Å². The van der Waals surface area contributed by atoms with Gasteiger partial charge < -0.3 is 4.42 Å². The highest BCUT2D eigenvalue weighted by Gasteiger charge is 2.32. The first-order chi connectivity index (χ1) is 10.5. The van der Waals surface area contributed by atoms with Crippen LogP contribution >= 0.6 is 23.4 Å². The number of halogens is 1. The van der Waals surface area contributed by atoms with Crippen molar-refractivity contribution in [1.82, 2.24) is 4.90 Å². The van der Waals surface area contributed by atoms with Gasteiger partial charge in [-0.15, -0.1) is 0 Å². The molecule has 22 heavy (non-hydrogen) atoms. The van der Waals surface area contributed by atoms with Crippen molar-refractivity contribution < 1.29 is 14.0 Å². The maximum atomic E-state index is 11.9. The first-order valence-electron chi connectivity index (χ1n) is 6.53. The van der Waals surface area contributed by atoms with E-state index in [-0.39, 0.29) is 11.1 Å². The monoisotopic (exact) mass is 333 g/mol. The minimum absolute atomic E-state index is 0.284. The Morgan fingerprint density at radius 3 is 2.68 bits per heavy atom. The average molecular weight is 334 g/mol. The lowest BCUT2D eigenvalue weighted by Gasteiger charge is -2.02. The fourth-order valence-electron chi connectivity index (χ4n) is 2.11. The van der Waals surface area contributed by atoms with Gasteiger partial charge in [0.1, 0.15) is 11.5 Å². The molecule has 0 radical (unpaired) electrons. The molecule has 0 aliphatic carbocycles. The van der Waals surface area contributed by atoms with Crippen molar-refractivity contribution >= 4 is 40.6 Å². The summed E-state index contributed by atoms with van der Waals surface area (Å²) in [7, 11) is 1.46. The number of imide groups is 1. The van der Waals surface area contributed by atoms with E-state index in [1.54, 1.807) is 12.1 Å². The Morgan fingerprint density at radius 2 is 2.00 bits per heavy atom. The second-order valence-electron chi connectivity index (χ2n) is 4.90. The predicted octanol–water partition coefficient (Wildman–Crippen LogP) is 4.57. The van der Waals surface area contributed by atoms with Crippen LogP contribution in [0.5, 0.6) is 0 Å². The topological polar surface area (TPSA) is 50.5 Å². The van der Waals surface area contributed by atoms with E-state index in [9.17, 15) is 9.59 Å². The molecule has 4 nitrogen and oxygen atoms in total. The quantitative estimate of drug-likeness (QED) is 0.755. The third kappa shape index (κ3) is 2.69. The number of hydrogen-bond donors (Lipinski definition) is 0. The Morgan fingerprint density at radius 1 is 1.23 bits per heavy atom. The molecule has 112 valence electrons. The summed E-state index contributed by atoms with van der Waals surface area (Å²) in [6, 6.07) is 9.16. The van der Waals surface area contributed by atoms with Crippen molar-refractivity contribution in [3.63, 3.8) is 0 Å². The van der Waals surface area contributed by atoms with Gasteiger partial charge in [0.2, 0.25) is 0 Å². The molecule has 2 amide bonds. The van der Waals surface area contributed by atoms with Crippen LogP contribution in [0, 0.1) is 6.92 Å². The van der Waals surface area contributed by atoms with E-state index < -0.39 is 0 Å². The van der Waals surface area contributed by atoms with E-state index in [0.29, 0.717) is 21.4 Å². The lowest BCUT2D eigenvalue weighted by molar-refractivity contribution is -0.121. The minimum Gasteiger partial charge on any atom is -0.457 e. The highest BCUT2D eigenvalue weighted by molar-refractivity contribution is 8.18. The number of nitrogens with zero attached hydrogens (tertiary/aromatic N) is 1. The molecule has 0 spiro atoms. The van der Waals surface area contributed by atoms with Gasteiger partial charge in [-0.2, -0.15) is 0 Å². The van der Waals surface area contributed by atoms with Gasteiger partial charge in [0.25, 0.3) is 11.1 Å². The summed E-state index contributed by atoms with van der Waals surface area (Å²) < 4.78 is 5.76. The summed E-state index contributed by atoms with van der Waals surface area (Å²) in [5, 5.41) is 0.347. The van der Waals surface area contributed by atoms with Crippen LogP contribution in [0.3, 0.4) is 0 Å². The van der Waals surface area contributed by atoms with Crippen molar-refractivity contribution in [3.05, 3.63) is 51.6 Å². The lowest BCUT2D eigenvalue weighted by Crippen LogP contribution is -2.22. The minimum atomic E-state index is -0.313. The maximum absolute atomic E-state index is 11.9. The lowest BCUT2D eigenvalue weighted by atomic mass is 10.1. The smallest absolute Gasteiger partial charge is 0.293 e. The summed E-state index contributed by atoms with van der Waals surface area (Å²) in [6.07, 6.45) is 1.58. The normalized spacial score (nSPS) is 16.9. The Labute approximate surface area is 136 Å². The van der Waals surface area contributed by atoms with Gasteiger partial charge in [0, 0.05) is 23.7 Å². The number of carbonyl (C=O) groups is 2. The van der Waals surface area contributed by atoms with Gasteiger partial charge in [0.15, 0.2) is 0 Å². The molecule has 3 rings (SSSR count). The molecule has 1 aromatic carbocycles. The van der Waals surface area contributed by atoms with Gasteiger partial charge in [-0.25, -0.2) is 0 Å². The van der Waals surface area contributed by atoms with E-state index in [2.05, 4.69) is 0 Å². The third-order valence-electron chi connectivity index (χ3n) is 3.35. The Bertz CT molecular complexity index is 809. The fraction of sp³-hybridized carbons (Fsp3) is 0.125. The zero-order valence-electron chi connectivity index (χ0n) is 11.9. The molecule has 0 unspecified atom stereocenters. The van der Waals surface area contributed by atoms with Crippen LogP contribution in [-0.2, 0) is 4.79 Å². The summed E-state index contributed by atoms with van der Waals surface area (Å²) in [6.45, 7) is 1.97. The number of aryl methyl sites for hydroxylation is 1. The number of benzene rings is 1. The number of thioether (sulfide) groups is 1. The largest absolute Gasteiger partial charge is 0.457 e. The van der Waals surface area contributed by atoms with Gasteiger partial charge >= 0.3 is 0 Å². The molecule has 1 aliphatic rings. The molecule has 0 N–H and O–H groups in total. The standard InChI is InChI=1S/C16H12ClNO3S/c1-9-3-4-10(17)7-12(9)13-6-5-11(21-13)8-14-15(19)18(2)16(20)22-14/h3-8H,1-2H3/b14-8-. The number of amides is 2. The number of rotatable bonds is 2. The van der Waals surface area contributed by atoms with E-state index in [1.165, 1.54) is 7.05 Å². The van der Waals surface area contributed by atoms with Crippen LogP contribution in [0.1, 0.15) is 11.3 Å². The van der Waals surface area contributed by atoms with Crippen molar-refractivity contribution in [2.24, 2.45) is 0 Å². The molecule has 1 aliphatic heterocycles. The molecule has 0 saturated carbocycles. The SMILES string of the molecule is Cc1ccc(Cl)cc1-c1ccc(/C=C2\SC(=O)N(C)C2=O)o1. The number of furan rings is 1. The zero-order valence-corrected chi connectivity index (χ0v) is 13.5. The Hall–Kier alpha value is -1.98. The van der Waals surface area contributed by atoms with Crippen LogP contribution in [0.4, 0.5) is 4.79 Å². The highest BCUT2D eigenvalue weighted by atomic mass is 35.5. The van der Waals surface area contributed by atoms with E-state index in [4.69, 9.17) is 16.0 Å². The fourth-order valence-corrected chi connectivity index (χ4v) is 3.09. The van der Waals surface area contributed by atoms with E-state index in [0.717, 1.165) is 27.8 Å². The van der Waals surface area contributed by atoms with Crippen molar-refractivity contribution in [1.29, 1.82) is 0 Å². The summed E-state index contributed by atoms with van der Waals surface area (Å²) in [5.41, 5.74) is 1.94. The molecule has 1 saturated heterocycles. The van der Waals surface area contributed by atoms with Crippen LogP contribution < -0.4 is 0 Å². The van der Waals surface area contributed by atoms with Gasteiger partial charge in [-0.1, -0.05) is 17.7 Å². The average Bonchev–Trinajstić information content (AvgIpc) is 3.03. The van der Waals surface area contributed by atoms with Crippen LogP contribution in [0.2, 0.25) is 5.02 Å². The molecule has 1 fully saturated rings. The Kier molecular flexibility index (Phi) is 3.85. The molecular weight excluding hydrogens is 322 g/mol. The van der Waals surface area contributed by atoms with Crippen molar-refractivity contribution in [2.45, 2.75) is 6.92 Å². The molecular formula is C16H12ClNO3S. The predicted molar refractivity (Wildman–Crippen MR) is 87.6 cm³/mol. The molecule has 1 aromatic heterocycles. The summed E-state index contributed by atoms with van der Waals surface area (Å²) >= 11 is 6.92. The summed E-state index contributed by atoms with van der Waals surface area (Å²) in [5.74, 6) is 0.877. The number of carbonyl (C=O) groups excluding carboxylic acids is 2. The van der Waals surface area contributed by atoms with Gasteiger partial charge in [-0.05, 0) is 48.5 Å². The second-order valence-corrected chi connectivity index (χ2v) is 6.33. The molecule has 0 atom stereocenters. The second kappa shape index (κ2) is 5.66. The van der Waals surface area contributed by atoms with Crippen molar-refractivity contribution in [3.8, 4) is 11.3 Å². The van der Waals surface area contributed by atoms with E-state index in [1.807, 2.05) is 31.2 Å². The summed E-state index contributed by atoms with van der Waals surface area (Å²) in [4.78, 5) is 24.8. The molecule has 0 bridgehead atoms. The Balaban J connectivity index is 1.93. The molecule has 2 aromatic rings. The van der Waals surface area contributed by atoms with Crippen LogP contribution in [-0.4, -0.2) is 23.1 Å². The number of hydrogen-bond acceptors (Lipinski definition) is 4. The van der Waals surface area contributed by atoms with Gasteiger partial charge in [-0.3, -0.25) is 14.5 Å². The third-order valence-corrected chi connectivity index (χ3v) is 4.55. The number of likely N-dealkylation sites (N-methyl/N-ethyl adjacent to an activating group) is 1. The van der Waals surface area contributed by atoms with Crippen molar-refractivity contribution in [2.75, 3.05) is 7.05 Å². The maximum Gasteiger partial charge on any atom is 0.293 e. The molecule has 2 heterocycles. The first kappa shape index (κ1) is 14.9. The van der Waals surface area contributed by atoms with Gasteiger partial charge in [0.05, 0.1) is 4.91 Å². The highest BCUT2D eigenvalue weighted by Crippen LogP contribution is 2.33.